The van der Waals surface area contributed by atoms with Crippen molar-refractivity contribution in [3.8, 4) is 0 Å². The fourth-order valence-corrected chi connectivity index (χ4v) is 0.776. The van der Waals surface area contributed by atoms with Crippen LogP contribution in [-0.4, -0.2) is 33.0 Å². The topological polar surface area (TPSA) is 76.4 Å². The number of esters is 1. The second-order valence-corrected chi connectivity index (χ2v) is 2.55. The third-order valence-corrected chi connectivity index (χ3v) is 1.84. The van der Waals surface area contributed by atoms with Gasteiger partial charge in [0, 0.05) is 12.8 Å². The first-order chi connectivity index (χ1) is 5.58. The van der Waals surface area contributed by atoms with Crippen molar-refractivity contribution in [2.45, 2.75) is 18.6 Å². The van der Waals surface area contributed by atoms with Crippen molar-refractivity contribution < 1.29 is 9.53 Å². The zero-order valence-corrected chi connectivity index (χ0v) is 7.81. The Kier molecular flexibility index (Phi) is 4.80. The summed E-state index contributed by atoms with van der Waals surface area (Å²) in [6.45, 7) is 0. The van der Waals surface area contributed by atoms with Gasteiger partial charge in [-0.05, 0) is 14.1 Å². The lowest BCUT2D eigenvalue weighted by atomic mass is 10.2. The monoisotopic (exact) mass is 175 g/mol. The summed E-state index contributed by atoms with van der Waals surface area (Å²) in [5.41, 5.74) is 5.77. The molecule has 5 nitrogen and oxygen atoms in total. The molecule has 0 saturated heterocycles. The van der Waals surface area contributed by atoms with Gasteiger partial charge in [0.2, 0.25) is 0 Å². The van der Waals surface area contributed by atoms with E-state index in [2.05, 4.69) is 15.4 Å². The van der Waals surface area contributed by atoms with Gasteiger partial charge >= 0.3 is 5.97 Å². The predicted octanol–water partition coefficient (Wildman–Crippen LogP) is -1.01. The van der Waals surface area contributed by atoms with Crippen LogP contribution in [0.25, 0.3) is 0 Å². The van der Waals surface area contributed by atoms with Crippen LogP contribution in [0.1, 0.15) is 12.8 Å². The number of ether oxygens (including phenoxy) is 1. The van der Waals surface area contributed by atoms with E-state index in [-0.39, 0.29) is 5.97 Å². The van der Waals surface area contributed by atoms with E-state index >= 15 is 0 Å². The number of hydrogen-bond donors (Lipinski definition) is 3. The number of methoxy groups -OCH3 is 1. The summed E-state index contributed by atoms with van der Waals surface area (Å²) in [5.74, 6) is -0.941. The van der Waals surface area contributed by atoms with Gasteiger partial charge in [-0.2, -0.15) is 0 Å². The number of rotatable bonds is 5. The minimum absolute atomic E-state index is 0.254. The molecule has 0 aromatic heterocycles. The van der Waals surface area contributed by atoms with Crippen molar-refractivity contribution in [3.05, 3.63) is 0 Å². The maximum atomic E-state index is 10.8. The van der Waals surface area contributed by atoms with Crippen LogP contribution < -0.4 is 16.4 Å². The van der Waals surface area contributed by atoms with Crippen molar-refractivity contribution in [3.63, 3.8) is 0 Å². The molecular weight excluding hydrogens is 158 g/mol. The number of carbonyl (C=O) groups excluding carboxylic acids is 1. The fourth-order valence-electron chi connectivity index (χ4n) is 0.776. The van der Waals surface area contributed by atoms with Gasteiger partial charge in [-0.1, -0.05) is 0 Å². The maximum Gasteiger partial charge on any atom is 0.305 e. The van der Waals surface area contributed by atoms with E-state index in [0.717, 1.165) is 0 Å². The molecule has 0 bridgehead atoms. The highest BCUT2D eigenvalue weighted by atomic mass is 16.5. The highest BCUT2D eigenvalue weighted by Crippen LogP contribution is 2.01. The SMILES string of the molecule is CNC(N)(CCC(=O)OC)NC. The molecule has 0 saturated carbocycles. The minimum Gasteiger partial charge on any atom is -0.469 e. The molecule has 0 aliphatic rings. The van der Waals surface area contributed by atoms with E-state index in [1.54, 1.807) is 14.1 Å². The lowest BCUT2D eigenvalue weighted by Crippen LogP contribution is -2.61. The third-order valence-electron chi connectivity index (χ3n) is 1.84. The van der Waals surface area contributed by atoms with Gasteiger partial charge in [0.1, 0.15) is 5.79 Å². The zero-order valence-electron chi connectivity index (χ0n) is 7.81. The normalized spacial score (nSPS) is 11.3. The molecule has 0 aliphatic heterocycles. The molecule has 0 amide bonds. The number of nitrogens with two attached hydrogens (primary N) is 1. The molecule has 0 heterocycles. The second kappa shape index (κ2) is 5.08. The van der Waals surface area contributed by atoms with Crippen molar-refractivity contribution in [2.75, 3.05) is 21.2 Å². The van der Waals surface area contributed by atoms with E-state index in [1.165, 1.54) is 7.11 Å². The summed E-state index contributed by atoms with van der Waals surface area (Å²) in [7, 11) is 4.82. The Morgan fingerprint density at radius 2 is 2.00 bits per heavy atom. The number of hydrogen-bond acceptors (Lipinski definition) is 5. The highest BCUT2D eigenvalue weighted by Gasteiger charge is 2.20. The lowest BCUT2D eigenvalue weighted by molar-refractivity contribution is -0.141. The van der Waals surface area contributed by atoms with Crippen LogP contribution in [0.15, 0.2) is 0 Å². The molecular formula is C7H17N3O2. The summed E-state index contributed by atoms with van der Waals surface area (Å²) in [6, 6.07) is 0. The quantitative estimate of drug-likeness (QED) is 0.369. The first-order valence-electron chi connectivity index (χ1n) is 3.81. The molecule has 0 radical (unpaired) electrons. The van der Waals surface area contributed by atoms with Crippen molar-refractivity contribution in [1.82, 2.24) is 10.6 Å². The summed E-state index contributed by atoms with van der Waals surface area (Å²) in [6.07, 6.45) is 0.793. The van der Waals surface area contributed by atoms with Crippen molar-refractivity contribution in [1.29, 1.82) is 0 Å². The Hall–Kier alpha value is -0.650. The van der Waals surface area contributed by atoms with Gasteiger partial charge in [-0.25, -0.2) is 0 Å². The maximum absolute atomic E-state index is 10.8. The molecule has 0 fully saturated rings. The van der Waals surface area contributed by atoms with E-state index < -0.39 is 5.79 Å². The molecule has 5 heteroatoms. The van der Waals surface area contributed by atoms with Gasteiger partial charge in [0.25, 0.3) is 0 Å². The summed E-state index contributed by atoms with van der Waals surface area (Å²) < 4.78 is 4.48. The van der Waals surface area contributed by atoms with Gasteiger partial charge in [-0.15, -0.1) is 0 Å². The average Bonchev–Trinajstić information content (AvgIpc) is 2.13. The predicted molar refractivity (Wildman–Crippen MR) is 46.3 cm³/mol. The molecule has 4 N–H and O–H groups in total. The third kappa shape index (κ3) is 3.66. The van der Waals surface area contributed by atoms with Gasteiger partial charge in [0.05, 0.1) is 7.11 Å². The van der Waals surface area contributed by atoms with E-state index in [1.807, 2.05) is 0 Å². The molecule has 0 aromatic rings. The van der Waals surface area contributed by atoms with Crippen LogP contribution in [0.3, 0.4) is 0 Å². The van der Waals surface area contributed by atoms with Crippen LogP contribution in [0.2, 0.25) is 0 Å². The van der Waals surface area contributed by atoms with Crippen LogP contribution in [0.5, 0.6) is 0 Å². The smallest absolute Gasteiger partial charge is 0.305 e. The minimum atomic E-state index is -0.686. The standard InChI is InChI=1S/C7H17N3O2/c1-9-7(8,10-2)5-4-6(11)12-3/h9-10H,4-5,8H2,1-3H3. The summed E-state index contributed by atoms with van der Waals surface area (Å²) >= 11 is 0. The van der Waals surface area contributed by atoms with E-state index in [0.29, 0.717) is 12.8 Å². The van der Waals surface area contributed by atoms with Gasteiger partial charge in [-0.3, -0.25) is 15.4 Å². The average molecular weight is 175 g/mol. The van der Waals surface area contributed by atoms with E-state index in [4.69, 9.17) is 5.73 Å². The van der Waals surface area contributed by atoms with E-state index in [9.17, 15) is 4.79 Å². The molecule has 0 spiro atoms. The van der Waals surface area contributed by atoms with Crippen molar-refractivity contribution in [2.24, 2.45) is 5.73 Å². The Morgan fingerprint density at radius 1 is 1.50 bits per heavy atom. The Bertz CT molecular complexity index is 146. The van der Waals surface area contributed by atoms with Crippen LogP contribution in [-0.2, 0) is 9.53 Å². The molecule has 0 unspecified atom stereocenters. The first-order valence-corrected chi connectivity index (χ1v) is 3.81. The number of carbonyl (C=O) groups is 1. The summed E-state index contributed by atoms with van der Waals surface area (Å²) in [5, 5.41) is 5.73. The molecule has 0 aromatic carbocycles. The fraction of sp³-hybridized carbons (Fsp3) is 0.857. The zero-order chi connectivity index (χ0) is 9.61. The van der Waals surface area contributed by atoms with Crippen LogP contribution in [0.4, 0.5) is 0 Å². The Morgan fingerprint density at radius 3 is 2.33 bits per heavy atom. The highest BCUT2D eigenvalue weighted by molar-refractivity contribution is 5.69. The summed E-state index contributed by atoms with van der Waals surface area (Å²) in [4.78, 5) is 10.8. The number of nitrogens with one attached hydrogen (secondary N) is 2. The molecule has 0 aliphatic carbocycles. The largest absolute Gasteiger partial charge is 0.469 e. The van der Waals surface area contributed by atoms with Gasteiger partial charge < -0.3 is 10.5 Å². The molecule has 0 atom stereocenters. The Labute approximate surface area is 72.6 Å². The van der Waals surface area contributed by atoms with Crippen LogP contribution >= 0.6 is 0 Å². The van der Waals surface area contributed by atoms with Gasteiger partial charge in [0.15, 0.2) is 0 Å². The molecule has 72 valence electrons. The molecule has 12 heavy (non-hydrogen) atoms. The lowest BCUT2D eigenvalue weighted by Gasteiger charge is -2.27. The van der Waals surface area contributed by atoms with Crippen molar-refractivity contribution >= 4 is 5.97 Å². The first kappa shape index (κ1) is 11.4. The second-order valence-electron chi connectivity index (χ2n) is 2.55. The Balaban J connectivity index is 3.80. The van der Waals surface area contributed by atoms with Crippen LogP contribution in [0, 0.1) is 0 Å². The molecule has 0 rings (SSSR count).